The Morgan fingerprint density at radius 3 is 2.00 bits per heavy atom. The third-order valence-corrected chi connectivity index (χ3v) is 13.5. The van der Waals surface area contributed by atoms with Crippen molar-refractivity contribution in [3.63, 3.8) is 0 Å². The van der Waals surface area contributed by atoms with E-state index >= 15 is 0 Å². The minimum Gasteiger partial charge on any atom is -0.441 e. The van der Waals surface area contributed by atoms with Crippen LogP contribution in [0.2, 0.25) is 0 Å². The third-order valence-electron chi connectivity index (χ3n) is 11.4. The molecule has 1 aliphatic carbocycles. The molecule has 0 saturated carbocycles. The maximum Gasteiger partial charge on any atom is 0.471 e. The summed E-state index contributed by atoms with van der Waals surface area (Å²) in [5.41, 5.74) is 0.924. The largest absolute Gasteiger partial charge is 0.471 e. The number of amides is 3. The van der Waals surface area contributed by atoms with Crippen molar-refractivity contribution in [3.05, 3.63) is 129 Å². The number of ether oxygens (including phenoxy) is 1. The fraction of sp³-hybridized carbons (Fsp3) is 0.396. The lowest BCUT2D eigenvalue weighted by atomic mass is 9.58. The van der Waals surface area contributed by atoms with Crippen molar-refractivity contribution in [3.8, 4) is 6.07 Å². The molecule has 1 spiro atoms. The summed E-state index contributed by atoms with van der Waals surface area (Å²) in [5.74, 6) is -3.54. The molecule has 3 atom stereocenters. The Hall–Kier alpha value is -5.65. The van der Waals surface area contributed by atoms with E-state index in [1.165, 1.54) is 25.1 Å². The molecule has 0 bridgehead atoms. The number of fused-ring (bicyclic) bond motifs is 6. The molecule has 3 N–H and O–H groups in total. The number of alkyl halides is 3. The number of carbonyl (C=O) groups excluding carboxylic acids is 4. The van der Waals surface area contributed by atoms with Crippen molar-refractivity contribution in [2.24, 2.45) is 0 Å². The van der Waals surface area contributed by atoms with Gasteiger partial charge in [-0.15, -0.1) is 0 Å². The highest BCUT2D eigenvalue weighted by Crippen LogP contribution is 2.59. The lowest BCUT2D eigenvalue weighted by Crippen LogP contribution is -2.43. The molecule has 4 aromatic rings. The summed E-state index contributed by atoms with van der Waals surface area (Å²) in [7, 11) is -1.32. The van der Waals surface area contributed by atoms with Crippen molar-refractivity contribution in [1.82, 2.24) is 9.99 Å². The molecule has 2 aliphatic rings. The maximum absolute atomic E-state index is 13.9. The van der Waals surface area contributed by atoms with Gasteiger partial charge < -0.3 is 29.7 Å². The first-order valence-corrected chi connectivity index (χ1v) is 22.4. The van der Waals surface area contributed by atoms with Crippen LogP contribution in [-0.4, -0.2) is 66.4 Å². The van der Waals surface area contributed by atoms with E-state index in [4.69, 9.17) is 19.0 Å². The highest BCUT2D eigenvalue weighted by atomic mass is 31.2. The number of halogens is 3. The SMILES string of the molecule is CC(=O)Nc1ccc2c(c1)C(C)(c1ccccc1)c1cc(NC(=O)C(F)(F)F)ccc1C21OC(=O)c2ccc(C(=O)NCCCCCCOP(OCCC#N)N(C(C)C)C(C)C)cc21. The smallest absolute Gasteiger partial charge is 0.441 e. The van der Waals surface area contributed by atoms with Crippen LogP contribution in [0.4, 0.5) is 24.5 Å². The van der Waals surface area contributed by atoms with Crippen molar-refractivity contribution in [2.45, 2.75) is 103 Å². The van der Waals surface area contributed by atoms with Gasteiger partial charge in [0.25, 0.3) is 14.4 Å². The summed E-state index contributed by atoms with van der Waals surface area (Å²) in [6, 6.07) is 25.9. The number of nitrogens with zero attached hydrogens (tertiary/aromatic N) is 2. The molecule has 0 saturated heterocycles. The van der Waals surface area contributed by atoms with Gasteiger partial charge in [-0.1, -0.05) is 55.3 Å². The average Bonchev–Trinajstić information content (AvgIpc) is 3.54. The normalized spacial score (nSPS) is 18.0. The van der Waals surface area contributed by atoms with Crippen LogP contribution in [0.3, 0.4) is 0 Å². The maximum atomic E-state index is 13.9. The van der Waals surface area contributed by atoms with E-state index in [0.29, 0.717) is 59.7 Å². The Morgan fingerprint density at radius 2 is 1.41 bits per heavy atom. The summed E-state index contributed by atoms with van der Waals surface area (Å²) >= 11 is 0. The van der Waals surface area contributed by atoms with Crippen LogP contribution >= 0.6 is 8.53 Å². The summed E-state index contributed by atoms with van der Waals surface area (Å²) < 4.78 is 61.3. The molecule has 3 unspecified atom stereocenters. The van der Waals surface area contributed by atoms with Gasteiger partial charge in [0, 0.05) is 64.6 Å². The topological polar surface area (TPSA) is 159 Å². The quantitative estimate of drug-likeness (QED) is 0.0502. The van der Waals surface area contributed by atoms with Gasteiger partial charge in [0.1, 0.15) is 0 Å². The number of hydrogen-bond donors (Lipinski definition) is 3. The van der Waals surface area contributed by atoms with Crippen LogP contribution in [-0.2, 0) is 34.4 Å². The molecule has 338 valence electrons. The van der Waals surface area contributed by atoms with Gasteiger partial charge in [0.2, 0.25) is 5.91 Å². The molecule has 6 rings (SSSR count). The first-order chi connectivity index (χ1) is 30.4. The van der Waals surface area contributed by atoms with Gasteiger partial charge in [-0.2, -0.15) is 18.4 Å². The number of unbranched alkanes of at least 4 members (excludes halogenated alkanes) is 3. The first-order valence-electron chi connectivity index (χ1n) is 21.3. The summed E-state index contributed by atoms with van der Waals surface area (Å²) in [5, 5.41) is 16.7. The Bertz CT molecular complexity index is 2420. The lowest BCUT2D eigenvalue weighted by molar-refractivity contribution is -0.167. The van der Waals surface area contributed by atoms with E-state index in [1.807, 2.05) is 42.6 Å². The number of nitriles is 1. The van der Waals surface area contributed by atoms with E-state index in [9.17, 15) is 32.3 Å². The summed E-state index contributed by atoms with van der Waals surface area (Å²) in [6.45, 7) is 12.8. The second-order valence-electron chi connectivity index (χ2n) is 16.5. The van der Waals surface area contributed by atoms with E-state index in [2.05, 4.69) is 49.1 Å². The number of anilines is 2. The van der Waals surface area contributed by atoms with Gasteiger partial charge in [0.05, 0.1) is 31.3 Å². The van der Waals surface area contributed by atoms with Gasteiger partial charge in [-0.05, 0) is 107 Å². The molecular formula is C48H53F3N5O7P. The number of benzene rings is 4. The zero-order valence-electron chi connectivity index (χ0n) is 36.7. The Kier molecular flexibility index (Phi) is 15.0. The van der Waals surface area contributed by atoms with Crippen LogP contribution in [0.5, 0.6) is 0 Å². The van der Waals surface area contributed by atoms with Gasteiger partial charge in [-0.3, -0.25) is 14.4 Å². The molecular weight excluding hydrogens is 847 g/mol. The molecule has 3 amide bonds. The fourth-order valence-corrected chi connectivity index (χ4v) is 10.2. The standard InChI is InChI=1S/C48H53F3N5O7P/c1-30(2)56(31(3)4)64(62-26-14-23-52)61-25-13-8-7-12-24-53-43(58)33-17-20-37-40(27-33)47(63-44(37)59)38-21-18-35(54-32(5)57)28-41(38)46(6,34-15-10-9-11-16-34)42-29-36(19-22-39(42)47)55-45(60)48(49,50)51/h9-11,15-22,27-31H,7-8,12-14,24-26H2,1-6H3,(H,53,58)(H,54,57)(H,55,60). The molecule has 4 aromatic carbocycles. The lowest BCUT2D eigenvalue weighted by Gasteiger charge is -2.46. The zero-order chi connectivity index (χ0) is 46.4. The molecule has 1 aliphatic heterocycles. The van der Waals surface area contributed by atoms with E-state index in [-0.39, 0.29) is 47.1 Å². The molecule has 0 aromatic heterocycles. The highest BCUT2D eigenvalue weighted by molar-refractivity contribution is 7.44. The van der Waals surface area contributed by atoms with E-state index in [0.717, 1.165) is 24.8 Å². The minimum absolute atomic E-state index is 0.139. The summed E-state index contributed by atoms with van der Waals surface area (Å²) in [4.78, 5) is 52.2. The zero-order valence-corrected chi connectivity index (χ0v) is 37.6. The Labute approximate surface area is 372 Å². The highest BCUT2D eigenvalue weighted by Gasteiger charge is 2.57. The number of esters is 1. The summed E-state index contributed by atoms with van der Waals surface area (Å²) in [6.07, 6.45) is -1.71. The van der Waals surface area contributed by atoms with Crippen LogP contribution in [0.25, 0.3) is 0 Å². The number of carbonyl (C=O) groups is 4. The molecule has 64 heavy (non-hydrogen) atoms. The van der Waals surface area contributed by atoms with E-state index < -0.39 is 37.6 Å². The minimum atomic E-state index is -5.16. The molecule has 0 radical (unpaired) electrons. The number of rotatable bonds is 18. The monoisotopic (exact) mass is 899 g/mol. The Morgan fingerprint density at radius 1 is 0.797 bits per heavy atom. The molecule has 0 fully saturated rings. The predicted molar refractivity (Wildman–Crippen MR) is 238 cm³/mol. The molecule has 12 nitrogen and oxygen atoms in total. The van der Waals surface area contributed by atoms with Crippen LogP contribution in [0.1, 0.15) is 128 Å². The van der Waals surface area contributed by atoms with Crippen molar-refractivity contribution in [2.75, 3.05) is 30.4 Å². The van der Waals surface area contributed by atoms with Crippen LogP contribution in [0, 0.1) is 11.3 Å². The van der Waals surface area contributed by atoms with Crippen LogP contribution < -0.4 is 16.0 Å². The second kappa shape index (κ2) is 20.0. The molecule has 1 heterocycles. The van der Waals surface area contributed by atoms with Crippen LogP contribution in [0.15, 0.2) is 84.9 Å². The average molecular weight is 900 g/mol. The van der Waals surface area contributed by atoms with Crippen molar-refractivity contribution in [1.29, 1.82) is 5.26 Å². The Balaban J connectivity index is 1.27. The van der Waals surface area contributed by atoms with Gasteiger partial charge >= 0.3 is 18.1 Å². The van der Waals surface area contributed by atoms with E-state index in [1.54, 1.807) is 36.4 Å². The predicted octanol–water partition coefficient (Wildman–Crippen LogP) is 9.86. The third kappa shape index (κ3) is 9.86. The number of nitrogens with one attached hydrogen (secondary N) is 3. The van der Waals surface area contributed by atoms with Gasteiger partial charge in [0.15, 0.2) is 5.60 Å². The van der Waals surface area contributed by atoms with Crippen molar-refractivity contribution < 1.29 is 46.1 Å². The van der Waals surface area contributed by atoms with Gasteiger partial charge in [-0.25, -0.2) is 9.46 Å². The second-order valence-corrected chi connectivity index (χ2v) is 18.0. The van der Waals surface area contributed by atoms with Crippen molar-refractivity contribution >= 4 is 43.6 Å². The first kappa shape index (κ1) is 47.8. The fourth-order valence-electron chi connectivity index (χ4n) is 8.61. The number of hydrogen-bond acceptors (Lipinski definition) is 9. The molecule has 16 heteroatoms.